The molecule has 1 N–H and O–H groups in total. The fourth-order valence-corrected chi connectivity index (χ4v) is 4.81. The van der Waals surface area contributed by atoms with Crippen LogP contribution in [0.25, 0.3) is 21.1 Å². The van der Waals surface area contributed by atoms with Crippen LogP contribution in [-0.4, -0.2) is 63.2 Å². The topological polar surface area (TPSA) is 91.6 Å². The average molecular weight is 436 g/mol. The number of anilines is 1. The van der Waals surface area contributed by atoms with Crippen LogP contribution < -0.4 is 10.5 Å². The van der Waals surface area contributed by atoms with E-state index in [2.05, 4.69) is 14.9 Å². The van der Waals surface area contributed by atoms with E-state index in [4.69, 9.17) is 5.11 Å². The number of aliphatic hydroxyl groups excluding tert-OH is 1. The van der Waals surface area contributed by atoms with Crippen molar-refractivity contribution in [3.63, 3.8) is 0 Å². The Morgan fingerprint density at radius 2 is 1.87 bits per heavy atom. The van der Waals surface area contributed by atoms with E-state index in [1.54, 1.807) is 6.07 Å². The zero-order valence-corrected chi connectivity index (χ0v) is 17.6. The first-order valence-electron chi connectivity index (χ1n) is 10.1. The molecule has 1 aliphatic heterocycles. The zero-order valence-electron chi connectivity index (χ0n) is 16.8. The molecule has 1 fully saturated rings. The molecule has 5 rings (SSSR count). The molecule has 0 spiro atoms. The van der Waals surface area contributed by atoms with Crippen LogP contribution >= 0.6 is 11.3 Å². The molecule has 9 heteroatoms. The smallest absolute Gasteiger partial charge is 0.282 e. The van der Waals surface area contributed by atoms with Gasteiger partial charge in [-0.1, -0.05) is 12.1 Å². The molecule has 0 saturated carbocycles. The van der Waals surface area contributed by atoms with Gasteiger partial charge in [-0.15, -0.1) is 11.3 Å². The summed E-state index contributed by atoms with van der Waals surface area (Å²) in [6.45, 7) is 2.74. The Labute approximate surface area is 182 Å². The van der Waals surface area contributed by atoms with Gasteiger partial charge in [0.2, 0.25) is 0 Å². The Bertz CT molecular complexity index is 1290. The number of rotatable bonds is 4. The lowest BCUT2D eigenvalue weighted by molar-refractivity contribution is 0.0746. The molecule has 2 aromatic heterocycles. The van der Waals surface area contributed by atoms with Crippen molar-refractivity contribution in [1.82, 2.24) is 19.4 Å². The molecule has 3 heterocycles. The summed E-state index contributed by atoms with van der Waals surface area (Å²) in [6, 6.07) is 13.4. The van der Waals surface area contributed by atoms with E-state index < -0.39 is 0 Å². The van der Waals surface area contributed by atoms with Gasteiger partial charge in [0.15, 0.2) is 5.01 Å². The summed E-state index contributed by atoms with van der Waals surface area (Å²) in [4.78, 5) is 38.3. The van der Waals surface area contributed by atoms with E-state index in [-0.39, 0.29) is 24.6 Å². The molecule has 4 aromatic rings. The van der Waals surface area contributed by atoms with Crippen molar-refractivity contribution in [2.45, 2.75) is 6.54 Å². The van der Waals surface area contributed by atoms with Crippen LogP contribution in [0.15, 0.2) is 53.6 Å². The van der Waals surface area contributed by atoms with Gasteiger partial charge in [-0.25, -0.2) is 9.97 Å². The van der Waals surface area contributed by atoms with Gasteiger partial charge in [0, 0.05) is 31.9 Å². The van der Waals surface area contributed by atoms with Crippen LogP contribution in [0.2, 0.25) is 0 Å². The van der Waals surface area contributed by atoms with Crippen LogP contribution in [0, 0.1) is 0 Å². The predicted molar refractivity (Wildman–Crippen MR) is 121 cm³/mol. The van der Waals surface area contributed by atoms with Gasteiger partial charge in [-0.2, -0.15) is 0 Å². The van der Waals surface area contributed by atoms with Gasteiger partial charge in [-0.05, 0) is 30.3 Å². The van der Waals surface area contributed by atoms with Crippen molar-refractivity contribution < 1.29 is 9.90 Å². The molecule has 0 bridgehead atoms. The van der Waals surface area contributed by atoms with Crippen LogP contribution in [-0.2, 0) is 6.54 Å². The van der Waals surface area contributed by atoms with Gasteiger partial charge in [-0.3, -0.25) is 14.2 Å². The maximum atomic E-state index is 12.9. The third-order valence-electron chi connectivity index (χ3n) is 5.56. The number of hydrogen-bond acceptors (Lipinski definition) is 7. The Balaban J connectivity index is 1.30. The van der Waals surface area contributed by atoms with Crippen molar-refractivity contribution in [2.24, 2.45) is 0 Å². The van der Waals surface area contributed by atoms with Crippen molar-refractivity contribution >= 4 is 44.1 Å². The number of aromatic nitrogens is 3. The molecule has 1 aliphatic rings. The summed E-state index contributed by atoms with van der Waals surface area (Å²) in [5, 5.41) is 10.1. The maximum Gasteiger partial charge on any atom is 0.282 e. The third kappa shape index (κ3) is 3.66. The highest BCUT2D eigenvalue weighted by molar-refractivity contribution is 7.20. The summed E-state index contributed by atoms with van der Waals surface area (Å²) in [5.74, 6) is -0.0227. The van der Waals surface area contributed by atoms with Crippen LogP contribution in [0.1, 0.15) is 9.80 Å². The highest BCUT2D eigenvalue weighted by atomic mass is 32.1. The van der Waals surface area contributed by atoms with Crippen molar-refractivity contribution in [3.05, 3.63) is 64.2 Å². The normalized spacial score (nSPS) is 14.5. The quantitative estimate of drug-likeness (QED) is 0.527. The van der Waals surface area contributed by atoms with Crippen molar-refractivity contribution in [2.75, 3.05) is 37.7 Å². The van der Waals surface area contributed by atoms with Crippen LogP contribution in [0.5, 0.6) is 0 Å². The number of hydrogen-bond donors (Lipinski definition) is 1. The Morgan fingerprint density at radius 3 is 2.65 bits per heavy atom. The number of amides is 1. The molecule has 0 atom stereocenters. The molecular formula is C22H21N5O3S. The number of piperazine rings is 1. The van der Waals surface area contributed by atoms with Crippen LogP contribution in [0.4, 0.5) is 5.69 Å². The molecule has 8 nitrogen and oxygen atoms in total. The lowest BCUT2D eigenvalue weighted by Gasteiger charge is -2.35. The molecule has 1 saturated heterocycles. The highest BCUT2D eigenvalue weighted by Gasteiger charge is 2.25. The predicted octanol–water partition coefficient (Wildman–Crippen LogP) is 1.96. The number of carbonyl (C=O) groups is 1. The minimum atomic E-state index is -0.156. The van der Waals surface area contributed by atoms with E-state index in [1.165, 1.54) is 22.2 Å². The summed E-state index contributed by atoms with van der Waals surface area (Å²) < 4.78 is 2.43. The number of carbonyl (C=O) groups excluding carboxylic acids is 1. The molecule has 1 amide bonds. The SMILES string of the molecule is O=C(c1nc2ccccc2s1)N1CCN(c2ccc3c(=O)n(CCO)cnc3c2)CC1. The average Bonchev–Trinajstić information content (AvgIpc) is 3.25. The second kappa shape index (κ2) is 8.09. The standard InChI is InChI=1S/C22H21N5O3S/c28-12-11-27-14-23-18-13-15(5-6-16(18)21(27)29)25-7-9-26(10-8-25)22(30)20-24-17-3-1-2-4-19(17)31-20/h1-6,13-14,28H,7-12H2. The summed E-state index contributed by atoms with van der Waals surface area (Å²) >= 11 is 1.43. The van der Waals surface area contributed by atoms with Crippen molar-refractivity contribution in [3.8, 4) is 0 Å². The fourth-order valence-electron chi connectivity index (χ4n) is 3.88. The monoisotopic (exact) mass is 435 g/mol. The molecule has 2 aromatic carbocycles. The van der Waals surface area contributed by atoms with E-state index >= 15 is 0 Å². The second-order valence-corrected chi connectivity index (χ2v) is 8.46. The first-order chi connectivity index (χ1) is 15.1. The van der Waals surface area contributed by atoms with Gasteiger partial charge in [0.25, 0.3) is 11.5 Å². The fraction of sp³-hybridized carbons (Fsp3) is 0.273. The van der Waals surface area contributed by atoms with Gasteiger partial charge in [0.05, 0.1) is 40.6 Å². The summed E-state index contributed by atoms with van der Waals surface area (Å²) in [5.41, 5.74) is 2.31. The van der Waals surface area contributed by atoms with Crippen molar-refractivity contribution in [1.29, 1.82) is 0 Å². The highest BCUT2D eigenvalue weighted by Crippen LogP contribution is 2.24. The number of aliphatic hydroxyl groups is 1. The first kappa shape index (κ1) is 19.7. The second-order valence-electron chi connectivity index (χ2n) is 7.43. The molecule has 0 aliphatic carbocycles. The van der Waals surface area contributed by atoms with Crippen LogP contribution in [0.3, 0.4) is 0 Å². The number of benzene rings is 2. The van der Waals surface area contributed by atoms with Gasteiger partial charge in [0.1, 0.15) is 0 Å². The minimum absolute atomic E-state index is 0.0227. The molecule has 0 unspecified atom stereocenters. The lowest BCUT2D eigenvalue weighted by Crippen LogP contribution is -2.48. The molecule has 0 radical (unpaired) electrons. The van der Waals surface area contributed by atoms with E-state index in [0.29, 0.717) is 42.1 Å². The minimum Gasteiger partial charge on any atom is -0.395 e. The molecule has 31 heavy (non-hydrogen) atoms. The number of thiazole rings is 1. The van der Waals surface area contributed by atoms with E-state index in [0.717, 1.165) is 15.9 Å². The van der Waals surface area contributed by atoms with Gasteiger partial charge >= 0.3 is 0 Å². The number of nitrogens with zero attached hydrogens (tertiary/aromatic N) is 5. The lowest BCUT2D eigenvalue weighted by atomic mass is 10.2. The largest absolute Gasteiger partial charge is 0.395 e. The van der Waals surface area contributed by atoms with E-state index in [9.17, 15) is 9.59 Å². The molecule has 158 valence electrons. The number of para-hydroxylation sites is 1. The summed E-state index contributed by atoms with van der Waals surface area (Å²) in [6.07, 6.45) is 1.47. The Kier molecular flexibility index (Phi) is 5.13. The Morgan fingerprint density at radius 1 is 1.06 bits per heavy atom. The Hall–Kier alpha value is -3.30. The van der Waals surface area contributed by atoms with E-state index in [1.807, 2.05) is 41.3 Å². The zero-order chi connectivity index (χ0) is 21.4. The maximum absolute atomic E-state index is 12.9. The molecular weight excluding hydrogens is 414 g/mol. The first-order valence-corrected chi connectivity index (χ1v) is 11.0. The number of fused-ring (bicyclic) bond motifs is 2. The van der Waals surface area contributed by atoms with Gasteiger partial charge < -0.3 is 14.9 Å². The summed E-state index contributed by atoms with van der Waals surface area (Å²) in [7, 11) is 0. The third-order valence-corrected chi connectivity index (χ3v) is 6.58.